The molecule has 3 aromatic carbocycles. The summed E-state index contributed by atoms with van der Waals surface area (Å²) in [6.45, 7) is 1.32. The Morgan fingerprint density at radius 3 is 1.71 bits per heavy atom. The molecule has 1 saturated heterocycles. The number of nitrogens with zero attached hydrogens (tertiary/aromatic N) is 4. The summed E-state index contributed by atoms with van der Waals surface area (Å²) in [4.78, 5) is 51.6. The first-order chi connectivity index (χ1) is 19.6. The van der Waals surface area contributed by atoms with Crippen molar-refractivity contribution in [2.45, 2.75) is 0 Å². The number of nitro groups is 2. The van der Waals surface area contributed by atoms with Gasteiger partial charge in [-0.3, -0.25) is 29.8 Å². The van der Waals surface area contributed by atoms with E-state index in [9.17, 15) is 29.8 Å². The van der Waals surface area contributed by atoms with Gasteiger partial charge in [0.25, 0.3) is 17.3 Å². The van der Waals surface area contributed by atoms with E-state index in [2.05, 4.69) is 0 Å². The molecule has 4 rings (SSSR count). The third kappa shape index (κ3) is 7.49. The molecule has 0 radical (unpaired) electrons. The van der Waals surface area contributed by atoms with Gasteiger partial charge in [0.2, 0.25) is 0 Å². The standard InChI is InChI=1S/C30H28N4O7/c1-31(2)15-16-41-28-13-7-23(8-14-28)30(36)32-19-24(17-21-3-9-26(10-4-21)33(37)38)29(35)25(20-32)18-22-5-11-27(12-6-22)34(39)40/h3-14,17-18H,15-16,19-20H2,1-2H3/b24-17-,25-18+. The number of likely N-dealkylation sites (tertiary alicyclic amines) is 1. The molecule has 0 spiro atoms. The molecular weight excluding hydrogens is 528 g/mol. The molecule has 11 nitrogen and oxygen atoms in total. The number of nitro benzene ring substituents is 2. The van der Waals surface area contributed by atoms with E-state index >= 15 is 0 Å². The summed E-state index contributed by atoms with van der Waals surface area (Å²) in [5, 5.41) is 22.0. The Labute approximate surface area is 236 Å². The van der Waals surface area contributed by atoms with E-state index in [4.69, 9.17) is 4.74 Å². The molecule has 1 fully saturated rings. The van der Waals surface area contributed by atoms with Crippen LogP contribution in [0.5, 0.6) is 5.75 Å². The Balaban J connectivity index is 1.62. The fourth-order valence-electron chi connectivity index (χ4n) is 4.19. The number of piperidine rings is 1. The number of carbonyl (C=O) groups is 2. The molecule has 3 aromatic rings. The fourth-order valence-corrected chi connectivity index (χ4v) is 4.19. The van der Waals surface area contributed by atoms with Crippen molar-refractivity contribution >= 4 is 35.2 Å². The van der Waals surface area contributed by atoms with Crippen LogP contribution in [0.2, 0.25) is 0 Å². The van der Waals surface area contributed by atoms with Crippen LogP contribution in [0.25, 0.3) is 12.2 Å². The molecule has 1 aliphatic rings. The maximum Gasteiger partial charge on any atom is 0.269 e. The van der Waals surface area contributed by atoms with Gasteiger partial charge in [0.15, 0.2) is 5.78 Å². The van der Waals surface area contributed by atoms with Crippen LogP contribution in [0.1, 0.15) is 21.5 Å². The fraction of sp³-hybridized carbons (Fsp3) is 0.200. The molecule has 1 aliphatic heterocycles. The zero-order valence-corrected chi connectivity index (χ0v) is 22.6. The molecule has 0 atom stereocenters. The molecule has 1 heterocycles. The minimum Gasteiger partial charge on any atom is -0.492 e. The Morgan fingerprint density at radius 1 is 0.829 bits per heavy atom. The van der Waals surface area contributed by atoms with Gasteiger partial charge in [-0.2, -0.15) is 0 Å². The number of ether oxygens (including phenoxy) is 1. The predicted molar refractivity (Wildman–Crippen MR) is 154 cm³/mol. The van der Waals surface area contributed by atoms with Crippen LogP contribution in [0.4, 0.5) is 11.4 Å². The number of non-ortho nitro benzene ring substituents is 2. The largest absolute Gasteiger partial charge is 0.492 e. The maximum atomic E-state index is 13.5. The number of hydrogen-bond acceptors (Lipinski definition) is 8. The van der Waals surface area contributed by atoms with Crippen molar-refractivity contribution in [3.05, 3.63) is 121 Å². The Hall–Kier alpha value is -5.16. The molecule has 0 unspecified atom stereocenters. The molecule has 0 aliphatic carbocycles. The van der Waals surface area contributed by atoms with Crippen LogP contribution < -0.4 is 4.74 Å². The first kappa shape index (κ1) is 28.8. The van der Waals surface area contributed by atoms with Gasteiger partial charge in [-0.25, -0.2) is 0 Å². The Morgan fingerprint density at radius 2 is 1.29 bits per heavy atom. The summed E-state index contributed by atoms with van der Waals surface area (Å²) in [7, 11) is 3.90. The average molecular weight is 557 g/mol. The Bertz CT molecular complexity index is 1430. The number of rotatable bonds is 9. The highest BCUT2D eigenvalue weighted by molar-refractivity contribution is 6.15. The lowest BCUT2D eigenvalue weighted by Gasteiger charge is -2.30. The smallest absolute Gasteiger partial charge is 0.269 e. The first-order valence-electron chi connectivity index (χ1n) is 12.7. The van der Waals surface area contributed by atoms with Crippen LogP contribution in [0.3, 0.4) is 0 Å². The topological polar surface area (TPSA) is 136 Å². The molecule has 210 valence electrons. The molecule has 0 saturated carbocycles. The second kappa shape index (κ2) is 12.8. The third-order valence-electron chi connectivity index (χ3n) is 6.39. The second-order valence-electron chi connectivity index (χ2n) is 9.70. The van der Waals surface area contributed by atoms with Gasteiger partial charge >= 0.3 is 0 Å². The van der Waals surface area contributed by atoms with E-state index in [-0.39, 0.29) is 36.2 Å². The monoisotopic (exact) mass is 556 g/mol. The van der Waals surface area contributed by atoms with Crippen LogP contribution in [-0.2, 0) is 4.79 Å². The van der Waals surface area contributed by atoms with Gasteiger partial charge in [0.05, 0.1) is 22.9 Å². The number of likely N-dealkylation sites (N-methyl/N-ethyl adjacent to an activating group) is 1. The lowest BCUT2D eigenvalue weighted by Crippen LogP contribution is -2.41. The molecule has 0 aromatic heterocycles. The van der Waals surface area contributed by atoms with Crippen molar-refractivity contribution in [1.82, 2.24) is 9.80 Å². The van der Waals surface area contributed by atoms with Crippen LogP contribution in [0.15, 0.2) is 83.9 Å². The third-order valence-corrected chi connectivity index (χ3v) is 6.39. The molecular formula is C30H28N4O7. The van der Waals surface area contributed by atoms with Gasteiger partial charge in [0, 0.05) is 47.5 Å². The summed E-state index contributed by atoms with van der Waals surface area (Å²) in [6, 6.07) is 18.3. The average Bonchev–Trinajstić information content (AvgIpc) is 2.95. The highest BCUT2D eigenvalue weighted by Gasteiger charge is 2.30. The van der Waals surface area contributed by atoms with Crippen molar-refractivity contribution in [3.63, 3.8) is 0 Å². The van der Waals surface area contributed by atoms with E-state index in [0.29, 0.717) is 40.2 Å². The van der Waals surface area contributed by atoms with Crippen molar-refractivity contribution < 1.29 is 24.2 Å². The van der Waals surface area contributed by atoms with E-state index in [1.807, 2.05) is 19.0 Å². The van der Waals surface area contributed by atoms with Crippen molar-refractivity contribution in [1.29, 1.82) is 0 Å². The summed E-state index contributed by atoms with van der Waals surface area (Å²) >= 11 is 0. The number of carbonyl (C=O) groups excluding carboxylic acids is 2. The number of ketones is 1. The quantitative estimate of drug-likeness (QED) is 0.211. The number of hydrogen-bond donors (Lipinski definition) is 0. The molecule has 11 heteroatoms. The zero-order chi connectivity index (χ0) is 29.5. The summed E-state index contributed by atoms with van der Waals surface area (Å²) < 4.78 is 5.71. The van der Waals surface area contributed by atoms with Crippen molar-refractivity contribution in [2.24, 2.45) is 0 Å². The van der Waals surface area contributed by atoms with Crippen molar-refractivity contribution in [3.8, 4) is 5.75 Å². The van der Waals surface area contributed by atoms with Gasteiger partial charge in [-0.05, 0) is 85.9 Å². The van der Waals surface area contributed by atoms with E-state index in [1.165, 1.54) is 53.4 Å². The zero-order valence-electron chi connectivity index (χ0n) is 22.6. The molecule has 0 N–H and O–H groups in total. The van der Waals surface area contributed by atoms with Gasteiger partial charge in [-0.15, -0.1) is 0 Å². The molecule has 1 amide bonds. The minimum absolute atomic E-state index is 0.0351. The predicted octanol–water partition coefficient (Wildman–Crippen LogP) is 4.64. The van der Waals surface area contributed by atoms with Gasteiger partial charge in [-0.1, -0.05) is 0 Å². The first-order valence-corrected chi connectivity index (χ1v) is 12.7. The Kier molecular flexibility index (Phi) is 9.00. The van der Waals surface area contributed by atoms with Crippen LogP contribution in [0, 0.1) is 20.2 Å². The SMILES string of the molecule is CN(C)CCOc1ccc(C(=O)N2C/C(=C/c3ccc([N+](=O)[O-])cc3)C(=O)/C(=C/c3ccc([N+](=O)[O-])cc3)C2)cc1. The number of Topliss-reactive ketones (excluding diaryl/α,β-unsaturated/α-hetero) is 1. The highest BCUT2D eigenvalue weighted by Crippen LogP contribution is 2.25. The van der Waals surface area contributed by atoms with E-state index in [1.54, 1.807) is 36.4 Å². The summed E-state index contributed by atoms with van der Waals surface area (Å²) in [5.74, 6) is 0.0617. The second-order valence-corrected chi connectivity index (χ2v) is 9.70. The number of amides is 1. The summed E-state index contributed by atoms with van der Waals surface area (Å²) in [6.07, 6.45) is 3.22. The van der Waals surface area contributed by atoms with E-state index < -0.39 is 9.85 Å². The normalized spacial score (nSPS) is 15.4. The van der Waals surface area contributed by atoms with Crippen molar-refractivity contribution in [2.75, 3.05) is 40.3 Å². The van der Waals surface area contributed by atoms with Gasteiger partial charge < -0.3 is 14.5 Å². The summed E-state index contributed by atoms with van der Waals surface area (Å²) in [5.41, 5.74) is 2.07. The highest BCUT2D eigenvalue weighted by atomic mass is 16.6. The lowest BCUT2D eigenvalue weighted by atomic mass is 9.93. The van der Waals surface area contributed by atoms with Gasteiger partial charge in [0.1, 0.15) is 12.4 Å². The van der Waals surface area contributed by atoms with Crippen LogP contribution >= 0.6 is 0 Å². The molecule has 0 bridgehead atoms. The van der Waals surface area contributed by atoms with Crippen LogP contribution in [-0.4, -0.2) is 71.7 Å². The number of benzene rings is 3. The molecule has 41 heavy (non-hydrogen) atoms. The maximum absolute atomic E-state index is 13.5. The van der Waals surface area contributed by atoms with E-state index in [0.717, 1.165) is 6.54 Å². The lowest BCUT2D eigenvalue weighted by molar-refractivity contribution is -0.385. The minimum atomic E-state index is -0.507.